The van der Waals surface area contributed by atoms with Crippen LogP contribution in [0.1, 0.15) is 71.6 Å². The fourth-order valence-electron chi connectivity index (χ4n) is 7.96. The number of carbonyl (C=O) groups excluding carboxylic acids is 1. The molecule has 0 aliphatic heterocycles. The van der Waals surface area contributed by atoms with E-state index in [0.29, 0.717) is 23.7 Å². The van der Waals surface area contributed by atoms with Gasteiger partial charge in [-0.05, 0) is 85.9 Å². The van der Waals surface area contributed by atoms with Gasteiger partial charge in [0, 0.05) is 5.92 Å². The zero-order chi connectivity index (χ0) is 18.0. The molecule has 0 amide bonds. The number of hydrogen-bond acceptors (Lipinski definition) is 4. The first-order valence-corrected chi connectivity index (χ1v) is 10.4. The van der Waals surface area contributed by atoms with Crippen LogP contribution in [0.15, 0.2) is 0 Å². The monoisotopic (exact) mass is 350 g/mol. The summed E-state index contributed by atoms with van der Waals surface area (Å²) in [5.41, 5.74) is -0.0497. The summed E-state index contributed by atoms with van der Waals surface area (Å²) in [5, 5.41) is 29.7. The topological polar surface area (TPSA) is 77.8 Å². The summed E-state index contributed by atoms with van der Waals surface area (Å²) in [5.74, 6) is 1.71. The number of fused-ring (bicyclic) bond motifs is 5. The average molecular weight is 350 g/mol. The van der Waals surface area contributed by atoms with Crippen molar-refractivity contribution in [3.05, 3.63) is 0 Å². The van der Waals surface area contributed by atoms with E-state index in [9.17, 15) is 20.1 Å². The van der Waals surface area contributed by atoms with Crippen LogP contribution in [0, 0.1) is 40.4 Å². The second kappa shape index (κ2) is 6.03. The first-order chi connectivity index (χ1) is 11.8. The second-order valence-corrected chi connectivity index (χ2v) is 9.91. The fourth-order valence-corrected chi connectivity index (χ4v) is 7.96. The highest BCUT2D eigenvalue weighted by atomic mass is 16.5. The van der Waals surface area contributed by atoms with Gasteiger partial charge < -0.3 is 15.3 Å². The SMILES string of the molecule is C[C@@]12CC[C@H]3[C@@H](CC[C@@H]4CCCC(O)[C@@]43C)[C@@H]1CC[C@@H]2C(=O)C(O)O. The van der Waals surface area contributed by atoms with Gasteiger partial charge in [0.05, 0.1) is 6.10 Å². The fraction of sp³-hybridized carbons (Fsp3) is 0.952. The van der Waals surface area contributed by atoms with E-state index in [1.807, 2.05) is 0 Å². The molecule has 3 N–H and O–H groups in total. The smallest absolute Gasteiger partial charge is 0.213 e. The lowest BCUT2D eigenvalue weighted by Crippen LogP contribution is -2.57. The molecular weight excluding hydrogens is 316 g/mol. The van der Waals surface area contributed by atoms with Crippen LogP contribution in [-0.4, -0.2) is 33.5 Å². The molecule has 4 saturated carbocycles. The minimum absolute atomic E-state index is 0.0427. The molecule has 4 aliphatic carbocycles. The summed E-state index contributed by atoms with van der Waals surface area (Å²) in [4.78, 5) is 12.4. The number of hydrogen-bond donors (Lipinski definition) is 3. The number of aliphatic hydroxyl groups excluding tert-OH is 2. The van der Waals surface area contributed by atoms with E-state index in [1.165, 1.54) is 19.3 Å². The molecule has 1 unspecified atom stereocenters. The number of rotatable bonds is 2. The molecule has 25 heavy (non-hydrogen) atoms. The summed E-state index contributed by atoms with van der Waals surface area (Å²) in [6.45, 7) is 4.56. The van der Waals surface area contributed by atoms with Crippen LogP contribution in [-0.2, 0) is 4.79 Å². The molecule has 0 aromatic carbocycles. The van der Waals surface area contributed by atoms with Crippen molar-refractivity contribution in [3.8, 4) is 0 Å². The summed E-state index contributed by atoms with van der Waals surface area (Å²) < 4.78 is 0. The predicted octanol–water partition coefficient (Wildman–Crippen LogP) is 2.89. The molecular formula is C21H34O4. The van der Waals surface area contributed by atoms with E-state index in [-0.39, 0.29) is 28.6 Å². The van der Waals surface area contributed by atoms with Crippen molar-refractivity contribution in [2.24, 2.45) is 40.4 Å². The van der Waals surface area contributed by atoms with Crippen LogP contribution in [0.25, 0.3) is 0 Å². The largest absolute Gasteiger partial charge is 0.393 e. The lowest BCUT2D eigenvalue weighted by atomic mass is 9.44. The third kappa shape index (κ3) is 2.40. The zero-order valence-electron chi connectivity index (χ0n) is 15.7. The van der Waals surface area contributed by atoms with Crippen LogP contribution in [0.2, 0.25) is 0 Å². The van der Waals surface area contributed by atoms with Gasteiger partial charge in [0.1, 0.15) is 0 Å². The maximum atomic E-state index is 12.4. The number of aliphatic hydroxyl groups is 3. The van der Waals surface area contributed by atoms with Gasteiger partial charge in [0.15, 0.2) is 5.78 Å². The first kappa shape index (κ1) is 17.9. The molecule has 142 valence electrons. The van der Waals surface area contributed by atoms with E-state index in [0.717, 1.165) is 38.5 Å². The Morgan fingerprint density at radius 3 is 2.44 bits per heavy atom. The van der Waals surface area contributed by atoms with E-state index >= 15 is 0 Å². The Labute approximate surface area is 151 Å². The predicted molar refractivity (Wildman–Crippen MR) is 94.5 cm³/mol. The van der Waals surface area contributed by atoms with E-state index < -0.39 is 6.29 Å². The Kier molecular flexibility index (Phi) is 4.33. The highest BCUT2D eigenvalue weighted by Gasteiger charge is 2.62. The average Bonchev–Trinajstić information content (AvgIpc) is 2.92. The third-order valence-electron chi connectivity index (χ3n) is 9.31. The Hall–Kier alpha value is -0.450. The van der Waals surface area contributed by atoms with Gasteiger partial charge in [0.2, 0.25) is 6.29 Å². The van der Waals surface area contributed by atoms with Crippen LogP contribution < -0.4 is 0 Å². The second-order valence-electron chi connectivity index (χ2n) is 9.91. The number of ketones is 1. The Balaban J connectivity index is 1.63. The van der Waals surface area contributed by atoms with Crippen molar-refractivity contribution < 1.29 is 20.1 Å². The molecule has 4 nitrogen and oxygen atoms in total. The van der Waals surface area contributed by atoms with Crippen molar-refractivity contribution in [2.45, 2.75) is 84.0 Å². The van der Waals surface area contributed by atoms with E-state index in [4.69, 9.17) is 0 Å². The maximum absolute atomic E-state index is 12.4. The van der Waals surface area contributed by atoms with Crippen LogP contribution >= 0.6 is 0 Å². The molecule has 4 heteroatoms. The van der Waals surface area contributed by atoms with Crippen molar-refractivity contribution >= 4 is 5.78 Å². The van der Waals surface area contributed by atoms with Crippen molar-refractivity contribution in [3.63, 3.8) is 0 Å². The molecule has 4 fully saturated rings. The molecule has 0 aromatic rings. The number of carbonyl (C=O) groups is 1. The first-order valence-electron chi connectivity index (χ1n) is 10.4. The standard InChI is InChI=1S/C21H34O4/c1-20-11-10-15-13(14(20)8-9-16(20)18(23)19(24)25)7-6-12-4-3-5-17(22)21(12,15)2/h12-17,19,22,24-25H,3-11H2,1-2H3/t12-,13-,14-,15-,16+,17?,20+,21-/m0/s1. The highest BCUT2D eigenvalue weighted by Crippen LogP contribution is 2.67. The van der Waals surface area contributed by atoms with Gasteiger partial charge in [-0.15, -0.1) is 0 Å². The molecule has 0 heterocycles. The zero-order valence-corrected chi connectivity index (χ0v) is 15.7. The van der Waals surface area contributed by atoms with E-state index in [2.05, 4.69) is 13.8 Å². The summed E-state index contributed by atoms with van der Waals surface area (Å²) in [6.07, 6.45) is 7.67. The minimum atomic E-state index is -1.83. The molecule has 0 aromatic heterocycles. The maximum Gasteiger partial charge on any atom is 0.213 e. The van der Waals surface area contributed by atoms with Gasteiger partial charge in [-0.25, -0.2) is 0 Å². The van der Waals surface area contributed by atoms with Gasteiger partial charge in [-0.3, -0.25) is 4.79 Å². The normalized spacial score (nSPS) is 52.4. The van der Waals surface area contributed by atoms with Crippen molar-refractivity contribution in [1.29, 1.82) is 0 Å². The molecule has 0 spiro atoms. The molecule has 4 aliphatic rings. The molecule has 4 rings (SSSR count). The molecule has 8 atom stereocenters. The summed E-state index contributed by atoms with van der Waals surface area (Å²) in [6, 6.07) is 0. The Morgan fingerprint density at radius 2 is 1.72 bits per heavy atom. The molecule has 0 bridgehead atoms. The number of Topliss-reactive ketones (excluding diaryl/α,β-unsaturated/α-hetero) is 1. The van der Waals surface area contributed by atoms with Gasteiger partial charge in [0.25, 0.3) is 0 Å². The van der Waals surface area contributed by atoms with Gasteiger partial charge >= 0.3 is 0 Å². The van der Waals surface area contributed by atoms with E-state index in [1.54, 1.807) is 0 Å². The lowest BCUT2D eigenvalue weighted by Gasteiger charge is -2.61. The van der Waals surface area contributed by atoms with Gasteiger partial charge in [-0.2, -0.15) is 0 Å². The highest BCUT2D eigenvalue weighted by molar-refractivity contribution is 5.84. The Morgan fingerprint density at radius 1 is 0.960 bits per heavy atom. The minimum Gasteiger partial charge on any atom is -0.393 e. The quantitative estimate of drug-likeness (QED) is 0.669. The van der Waals surface area contributed by atoms with Crippen LogP contribution in [0.5, 0.6) is 0 Å². The van der Waals surface area contributed by atoms with Crippen molar-refractivity contribution in [1.82, 2.24) is 0 Å². The molecule has 0 radical (unpaired) electrons. The summed E-state index contributed by atoms with van der Waals surface area (Å²) in [7, 11) is 0. The van der Waals surface area contributed by atoms with Crippen molar-refractivity contribution in [2.75, 3.05) is 0 Å². The molecule has 0 saturated heterocycles. The lowest BCUT2D eigenvalue weighted by molar-refractivity contribution is -0.171. The Bertz CT molecular complexity index is 546. The summed E-state index contributed by atoms with van der Waals surface area (Å²) >= 11 is 0. The van der Waals surface area contributed by atoms with Gasteiger partial charge in [-0.1, -0.05) is 20.3 Å². The van der Waals surface area contributed by atoms with Crippen LogP contribution in [0.4, 0.5) is 0 Å². The van der Waals surface area contributed by atoms with Crippen LogP contribution in [0.3, 0.4) is 0 Å². The third-order valence-corrected chi connectivity index (χ3v) is 9.31.